The van der Waals surface area contributed by atoms with Crippen LogP contribution >= 0.6 is 11.8 Å². The maximum atomic E-state index is 13.0. The van der Waals surface area contributed by atoms with Gasteiger partial charge in [0.2, 0.25) is 0 Å². The van der Waals surface area contributed by atoms with Crippen molar-refractivity contribution in [3.05, 3.63) is 40.8 Å². The minimum Gasteiger partial charge on any atom is -0.466 e. The highest BCUT2D eigenvalue weighted by Gasteiger charge is 2.64. The van der Waals surface area contributed by atoms with Crippen molar-refractivity contribution in [3.63, 3.8) is 0 Å². The Bertz CT molecular complexity index is 869. The summed E-state index contributed by atoms with van der Waals surface area (Å²) in [6, 6.07) is 9.59. The van der Waals surface area contributed by atoms with Crippen LogP contribution in [0, 0.1) is 5.41 Å². The van der Waals surface area contributed by atoms with Gasteiger partial charge < -0.3 is 9.47 Å². The first kappa shape index (κ1) is 21.5. The lowest BCUT2D eigenvalue weighted by Crippen LogP contribution is -2.67. The molecule has 0 radical (unpaired) electrons. The van der Waals surface area contributed by atoms with Crippen LogP contribution < -0.4 is 0 Å². The average Bonchev–Trinajstić information content (AvgIpc) is 3.01. The number of para-hydroxylation sites is 1. The molecule has 8 heteroatoms. The van der Waals surface area contributed by atoms with E-state index in [2.05, 4.69) is 23.6 Å². The number of carbonyl (C=O) groups is 2. The molecule has 3 rings (SSSR count). The van der Waals surface area contributed by atoms with Crippen molar-refractivity contribution in [2.45, 2.75) is 19.5 Å². The van der Waals surface area contributed by atoms with E-state index in [1.54, 1.807) is 0 Å². The molecule has 0 aliphatic carbocycles. The molecule has 2 heterocycles. The molecule has 156 valence electrons. The van der Waals surface area contributed by atoms with Crippen LogP contribution in [-0.2, 0) is 19.1 Å². The van der Waals surface area contributed by atoms with Crippen LogP contribution in [0.1, 0.15) is 13.8 Å². The Labute approximate surface area is 175 Å². The summed E-state index contributed by atoms with van der Waals surface area (Å²) in [6.45, 7) is 5.57. The lowest BCUT2D eigenvalue weighted by Gasteiger charge is -2.55. The van der Waals surface area contributed by atoms with Gasteiger partial charge in [-0.05, 0) is 26.2 Å². The highest BCUT2D eigenvalue weighted by molar-refractivity contribution is 8.18. The molecule has 2 aliphatic heterocycles. The van der Waals surface area contributed by atoms with Crippen molar-refractivity contribution < 1.29 is 19.1 Å². The van der Waals surface area contributed by atoms with E-state index in [-0.39, 0.29) is 4.91 Å². The summed E-state index contributed by atoms with van der Waals surface area (Å²) in [5.41, 5.74) is -0.430. The predicted molar refractivity (Wildman–Crippen MR) is 114 cm³/mol. The van der Waals surface area contributed by atoms with Crippen molar-refractivity contribution in [2.24, 2.45) is 10.4 Å². The predicted octanol–water partition coefficient (Wildman–Crippen LogP) is 2.66. The van der Waals surface area contributed by atoms with Crippen molar-refractivity contribution in [3.8, 4) is 0 Å². The Kier molecular flexibility index (Phi) is 5.89. The lowest BCUT2D eigenvalue weighted by molar-refractivity contribution is -0.142. The Morgan fingerprint density at radius 1 is 1.00 bits per heavy atom. The second kappa shape index (κ2) is 7.93. The van der Waals surface area contributed by atoms with Crippen molar-refractivity contribution in [2.75, 3.05) is 41.4 Å². The van der Waals surface area contributed by atoms with Gasteiger partial charge in [0.05, 0.1) is 30.5 Å². The van der Waals surface area contributed by atoms with E-state index in [1.165, 1.54) is 26.0 Å². The summed E-state index contributed by atoms with van der Waals surface area (Å²) < 4.78 is 10.2. The summed E-state index contributed by atoms with van der Waals surface area (Å²) in [5.74, 6) is -1.11. The zero-order valence-corrected chi connectivity index (χ0v) is 18.5. The number of ether oxygens (including phenoxy) is 2. The van der Waals surface area contributed by atoms with Crippen molar-refractivity contribution >= 4 is 34.4 Å². The third kappa shape index (κ3) is 3.19. The molecule has 1 aromatic carbocycles. The summed E-state index contributed by atoms with van der Waals surface area (Å²) in [7, 11) is 6.56. The standard InChI is InChI=1S/C21H27N3O4S/c1-20(2)19(22-14-10-8-7-9-11-14)29-16(18(26)28-6)15(17(25)27-5)21(20)23(3)12-13-24(21)4/h7-11H,12-13H2,1-6H3. The molecule has 1 fully saturated rings. The van der Waals surface area contributed by atoms with Gasteiger partial charge in [0.25, 0.3) is 0 Å². The number of nitrogens with zero attached hydrogens (tertiary/aromatic N) is 3. The van der Waals surface area contributed by atoms with Crippen LogP contribution in [0.15, 0.2) is 45.8 Å². The number of aliphatic imine (C=N–C) groups is 1. The van der Waals surface area contributed by atoms with Crippen LogP contribution in [0.2, 0.25) is 0 Å². The molecule has 0 N–H and O–H groups in total. The van der Waals surface area contributed by atoms with E-state index in [0.717, 1.165) is 23.8 Å². The molecule has 0 unspecified atom stereocenters. The van der Waals surface area contributed by atoms with Crippen LogP contribution in [0.3, 0.4) is 0 Å². The Hall–Kier alpha value is -2.16. The first-order chi connectivity index (χ1) is 13.7. The number of benzene rings is 1. The number of rotatable bonds is 3. The maximum Gasteiger partial charge on any atom is 0.345 e. The van der Waals surface area contributed by atoms with Crippen LogP contribution in [0.5, 0.6) is 0 Å². The van der Waals surface area contributed by atoms with Crippen molar-refractivity contribution in [1.82, 2.24) is 9.80 Å². The van der Waals surface area contributed by atoms with Gasteiger partial charge in [-0.25, -0.2) is 14.6 Å². The monoisotopic (exact) mass is 417 g/mol. The molecule has 1 aromatic rings. The smallest absolute Gasteiger partial charge is 0.345 e. The number of methoxy groups -OCH3 is 2. The molecule has 0 amide bonds. The molecule has 0 saturated carbocycles. The highest BCUT2D eigenvalue weighted by Crippen LogP contribution is 2.56. The molecule has 1 spiro atoms. The van der Waals surface area contributed by atoms with Gasteiger partial charge in [-0.2, -0.15) is 0 Å². The number of likely N-dealkylation sites (N-methyl/N-ethyl adjacent to an activating group) is 2. The van der Waals surface area contributed by atoms with Gasteiger partial charge in [-0.15, -0.1) is 0 Å². The van der Waals surface area contributed by atoms with Crippen LogP contribution in [0.4, 0.5) is 5.69 Å². The maximum absolute atomic E-state index is 13.0. The first-order valence-corrected chi connectivity index (χ1v) is 10.2. The second-order valence-electron chi connectivity index (χ2n) is 7.68. The van der Waals surface area contributed by atoms with Crippen LogP contribution in [0.25, 0.3) is 0 Å². The van der Waals surface area contributed by atoms with Gasteiger partial charge in [0.1, 0.15) is 10.6 Å². The molecule has 0 aromatic heterocycles. The minimum atomic E-state index is -0.900. The van der Waals surface area contributed by atoms with Gasteiger partial charge in [0.15, 0.2) is 0 Å². The number of hydrogen-bond donors (Lipinski definition) is 0. The van der Waals surface area contributed by atoms with E-state index in [9.17, 15) is 9.59 Å². The topological polar surface area (TPSA) is 71.4 Å². The Morgan fingerprint density at radius 3 is 2.07 bits per heavy atom. The fourth-order valence-electron chi connectivity index (χ4n) is 4.50. The first-order valence-electron chi connectivity index (χ1n) is 9.37. The molecule has 0 atom stereocenters. The summed E-state index contributed by atoms with van der Waals surface area (Å²) in [4.78, 5) is 35.1. The molecular weight excluding hydrogens is 390 g/mol. The lowest BCUT2D eigenvalue weighted by atomic mass is 9.72. The molecule has 2 aliphatic rings. The van der Waals surface area contributed by atoms with E-state index in [4.69, 9.17) is 14.5 Å². The zero-order chi connectivity index (χ0) is 21.4. The molecule has 0 bridgehead atoms. The van der Waals surface area contributed by atoms with Gasteiger partial charge in [0, 0.05) is 18.5 Å². The number of hydrogen-bond acceptors (Lipinski definition) is 8. The van der Waals surface area contributed by atoms with E-state index < -0.39 is 23.0 Å². The SMILES string of the molecule is COC(=O)C1=C(C(=O)OC)C2(N(C)CCN2C)C(C)(C)C(=Nc2ccccc2)S1. The molecule has 7 nitrogen and oxygen atoms in total. The number of thioether (sulfide) groups is 1. The Balaban J connectivity index is 2.36. The summed E-state index contributed by atoms with van der Waals surface area (Å²) in [6.07, 6.45) is 0. The minimum absolute atomic E-state index is 0.217. The Morgan fingerprint density at radius 2 is 1.55 bits per heavy atom. The highest BCUT2D eigenvalue weighted by atomic mass is 32.2. The zero-order valence-electron chi connectivity index (χ0n) is 17.7. The van der Waals surface area contributed by atoms with Gasteiger partial charge in [-0.3, -0.25) is 9.80 Å². The van der Waals surface area contributed by atoms with Gasteiger partial charge in [-0.1, -0.05) is 43.8 Å². The molecule has 29 heavy (non-hydrogen) atoms. The molecular formula is C21H27N3O4S. The van der Waals surface area contributed by atoms with E-state index >= 15 is 0 Å². The summed E-state index contributed by atoms with van der Waals surface area (Å²) in [5, 5.41) is 0.734. The molecule has 1 saturated heterocycles. The largest absolute Gasteiger partial charge is 0.466 e. The van der Waals surface area contributed by atoms with Crippen molar-refractivity contribution in [1.29, 1.82) is 0 Å². The number of carbonyl (C=O) groups excluding carboxylic acids is 2. The summed E-state index contributed by atoms with van der Waals surface area (Å²) >= 11 is 1.18. The normalized spacial score (nSPS) is 22.9. The third-order valence-corrected chi connectivity index (χ3v) is 7.17. The average molecular weight is 418 g/mol. The second-order valence-corrected chi connectivity index (χ2v) is 8.68. The van der Waals surface area contributed by atoms with E-state index in [0.29, 0.717) is 5.57 Å². The van der Waals surface area contributed by atoms with Crippen LogP contribution in [-0.4, -0.2) is 73.8 Å². The van der Waals surface area contributed by atoms with Gasteiger partial charge >= 0.3 is 11.9 Å². The fraction of sp³-hybridized carbons (Fsp3) is 0.476. The third-order valence-electron chi connectivity index (χ3n) is 5.80. The number of esters is 2. The quantitative estimate of drug-likeness (QED) is 0.700. The fourth-order valence-corrected chi connectivity index (χ4v) is 5.74. The van der Waals surface area contributed by atoms with E-state index in [1.807, 2.05) is 44.4 Å².